The van der Waals surface area contributed by atoms with Crippen LogP contribution in [0.2, 0.25) is 0 Å². The van der Waals surface area contributed by atoms with Crippen LogP contribution in [0.3, 0.4) is 0 Å². The zero-order chi connectivity index (χ0) is 29.2. The second-order valence-corrected chi connectivity index (χ2v) is 10.9. The lowest BCUT2D eigenvalue weighted by Crippen LogP contribution is -2.44. The molecule has 5 aromatic rings. The molecule has 1 N–H and O–H groups in total. The molecule has 1 saturated heterocycles. The molecule has 0 aliphatic carbocycles. The van der Waals surface area contributed by atoms with Gasteiger partial charge < -0.3 is 18.9 Å². The Morgan fingerprint density at radius 3 is 2.79 bits per heavy atom. The average Bonchev–Trinajstić information content (AvgIpc) is 3.40. The van der Waals surface area contributed by atoms with Crippen molar-refractivity contribution in [2.24, 2.45) is 0 Å². The summed E-state index contributed by atoms with van der Waals surface area (Å²) in [5.74, 6) is -0.129. The third kappa shape index (κ3) is 5.81. The van der Waals surface area contributed by atoms with E-state index in [0.29, 0.717) is 46.2 Å². The number of nitrogens with zero attached hydrogens (tertiary/aromatic N) is 4. The first-order chi connectivity index (χ1) is 20.4. The lowest BCUT2D eigenvalue weighted by atomic mass is 10.1. The van der Waals surface area contributed by atoms with E-state index in [-0.39, 0.29) is 12.4 Å². The number of carbonyl (C=O) groups is 1. The Morgan fingerprint density at radius 2 is 2.00 bits per heavy atom. The molecule has 216 valence electrons. The van der Waals surface area contributed by atoms with Gasteiger partial charge in [-0.3, -0.25) is 10.3 Å². The van der Waals surface area contributed by atoms with Crippen molar-refractivity contribution in [1.29, 1.82) is 0 Å². The van der Waals surface area contributed by atoms with Gasteiger partial charge in [0.05, 0.1) is 59.7 Å². The molecular formula is C30H28FN5O5S. The number of anilines is 1. The Morgan fingerprint density at radius 1 is 1.12 bits per heavy atom. The number of halogens is 1. The smallest absolute Gasteiger partial charge is 0.412 e. The van der Waals surface area contributed by atoms with E-state index in [2.05, 4.69) is 25.3 Å². The number of thiazole rings is 1. The predicted octanol–water partition coefficient (Wildman–Crippen LogP) is 6.11. The van der Waals surface area contributed by atoms with Gasteiger partial charge in [-0.15, -0.1) is 11.3 Å². The maximum Gasteiger partial charge on any atom is 0.412 e. The number of methoxy groups -OCH3 is 1. The Balaban J connectivity index is 1.22. The van der Waals surface area contributed by atoms with E-state index in [1.54, 1.807) is 31.6 Å². The molecule has 2 atom stereocenters. The standard InChI is InChI=1S/C30H28FN5O5S/c1-4-17-5-6-18(13-32-17)34-30(37)41-23-7-8-39-15-25(23)40-24-12-26-21(11-20(24)31)36-29(42-26)19-9-16(2)10-22-28(19)33-14-27(35-22)38-3/h5-6,9-14,23,25H,4,7-8,15H2,1-3H3,(H,34,37)/t23-,25+/m0/s1. The molecule has 6 rings (SSSR count). The molecule has 0 bridgehead atoms. The normalized spacial score (nSPS) is 16.9. The quantitative estimate of drug-likeness (QED) is 0.240. The van der Waals surface area contributed by atoms with Crippen molar-refractivity contribution >= 4 is 44.4 Å². The van der Waals surface area contributed by atoms with Crippen LogP contribution in [0.15, 0.2) is 48.8 Å². The number of aryl methyl sites for hydroxylation is 2. The fourth-order valence-corrected chi connectivity index (χ4v) is 5.73. The monoisotopic (exact) mass is 589 g/mol. The van der Waals surface area contributed by atoms with Gasteiger partial charge >= 0.3 is 6.09 Å². The Hall–Kier alpha value is -4.42. The number of rotatable bonds is 7. The lowest BCUT2D eigenvalue weighted by molar-refractivity contribution is -0.0763. The van der Waals surface area contributed by atoms with E-state index in [9.17, 15) is 4.79 Å². The molecule has 1 aliphatic heterocycles. The van der Waals surface area contributed by atoms with Crippen LogP contribution in [0.1, 0.15) is 24.6 Å². The van der Waals surface area contributed by atoms with Gasteiger partial charge in [-0.1, -0.05) is 6.92 Å². The van der Waals surface area contributed by atoms with E-state index in [1.165, 1.54) is 17.4 Å². The Bertz CT molecular complexity index is 1760. The molecule has 2 aromatic carbocycles. The van der Waals surface area contributed by atoms with Crippen molar-refractivity contribution in [2.75, 3.05) is 25.6 Å². The van der Waals surface area contributed by atoms with E-state index < -0.39 is 24.1 Å². The number of pyridine rings is 1. The minimum absolute atomic E-state index is 0.0280. The average molecular weight is 590 g/mol. The number of benzene rings is 2. The molecule has 12 heteroatoms. The summed E-state index contributed by atoms with van der Waals surface area (Å²) in [4.78, 5) is 30.6. The summed E-state index contributed by atoms with van der Waals surface area (Å²) >= 11 is 1.39. The maximum absolute atomic E-state index is 15.3. The molecular weight excluding hydrogens is 561 g/mol. The molecule has 1 aliphatic rings. The zero-order valence-electron chi connectivity index (χ0n) is 23.2. The van der Waals surface area contributed by atoms with Gasteiger partial charge in [0.1, 0.15) is 11.1 Å². The molecule has 42 heavy (non-hydrogen) atoms. The molecule has 4 heterocycles. The van der Waals surface area contributed by atoms with Crippen LogP contribution in [-0.2, 0) is 15.9 Å². The van der Waals surface area contributed by atoms with Crippen LogP contribution >= 0.6 is 11.3 Å². The van der Waals surface area contributed by atoms with Gasteiger partial charge in [0.25, 0.3) is 0 Å². The number of aromatic nitrogens is 4. The zero-order valence-corrected chi connectivity index (χ0v) is 24.0. The van der Waals surface area contributed by atoms with Crippen LogP contribution < -0.4 is 14.8 Å². The molecule has 0 saturated carbocycles. The van der Waals surface area contributed by atoms with Gasteiger partial charge in [0, 0.05) is 29.8 Å². The van der Waals surface area contributed by atoms with Crippen LogP contribution in [0.25, 0.3) is 31.8 Å². The van der Waals surface area contributed by atoms with Crippen LogP contribution in [0.5, 0.6) is 11.6 Å². The number of hydrogen-bond donors (Lipinski definition) is 1. The molecule has 10 nitrogen and oxygen atoms in total. The molecule has 0 radical (unpaired) electrons. The third-order valence-corrected chi connectivity index (χ3v) is 7.92. The number of ether oxygens (including phenoxy) is 4. The van der Waals surface area contributed by atoms with Gasteiger partial charge in [0.15, 0.2) is 17.7 Å². The Kier molecular flexibility index (Phi) is 7.81. The molecule has 0 unspecified atom stereocenters. The maximum atomic E-state index is 15.3. The van der Waals surface area contributed by atoms with Gasteiger partial charge in [-0.25, -0.2) is 24.1 Å². The minimum Gasteiger partial charge on any atom is -0.481 e. The lowest BCUT2D eigenvalue weighted by Gasteiger charge is -2.31. The third-order valence-electron chi connectivity index (χ3n) is 6.86. The SMILES string of the molecule is CCc1ccc(NC(=O)O[C@H]2CCOC[C@H]2Oc2cc3sc(-c4cc(C)cc5nc(OC)cnc45)nc3cc2F)cn1. The fourth-order valence-electron chi connectivity index (χ4n) is 4.74. The van der Waals surface area contributed by atoms with Gasteiger partial charge in [-0.05, 0) is 43.2 Å². The highest BCUT2D eigenvalue weighted by Crippen LogP contribution is 2.37. The summed E-state index contributed by atoms with van der Waals surface area (Å²) in [6, 6.07) is 10.5. The first kappa shape index (κ1) is 27.7. The van der Waals surface area contributed by atoms with E-state index in [0.717, 1.165) is 27.9 Å². The van der Waals surface area contributed by atoms with Crippen molar-refractivity contribution in [1.82, 2.24) is 19.9 Å². The summed E-state index contributed by atoms with van der Waals surface area (Å²) in [6.07, 6.45) is 2.36. The number of fused-ring (bicyclic) bond motifs is 2. The van der Waals surface area contributed by atoms with Crippen LogP contribution in [-0.4, -0.2) is 58.6 Å². The van der Waals surface area contributed by atoms with E-state index in [1.807, 2.05) is 32.0 Å². The van der Waals surface area contributed by atoms with Crippen molar-refractivity contribution in [3.63, 3.8) is 0 Å². The van der Waals surface area contributed by atoms with Gasteiger partial charge in [0.2, 0.25) is 5.88 Å². The first-order valence-corrected chi connectivity index (χ1v) is 14.3. The number of amides is 1. The first-order valence-electron chi connectivity index (χ1n) is 13.5. The number of carbonyl (C=O) groups excluding carboxylic acids is 1. The van der Waals surface area contributed by atoms with Crippen LogP contribution in [0, 0.1) is 12.7 Å². The number of nitrogens with one attached hydrogen (secondary N) is 1. The number of hydrogen-bond acceptors (Lipinski definition) is 10. The Labute approximate surface area is 244 Å². The largest absolute Gasteiger partial charge is 0.481 e. The molecule has 1 amide bonds. The summed E-state index contributed by atoms with van der Waals surface area (Å²) in [7, 11) is 1.54. The van der Waals surface area contributed by atoms with Crippen molar-refractivity contribution < 1.29 is 28.1 Å². The molecule has 0 spiro atoms. The second kappa shape index (κ2) is 11.8. The van der Waals surface area contributed by atoms with Crippen LogP contribution in [0.4, 0.5) is 14.9 Å². The minimum atomic E-state index is -0.699. The predicted molar refractivity (Wildman–Crippen MR) is 157 cm³/mol. The summed E-state index contributed by atoms with van der Waals surface area (Å²) < 4.78 is 38.5. The highest BCUT2D eigenvalue weighted by atomic mass is 32.1. The highest BCUT2D eigenvalue weighted by Gasteiger charge is 2.32. The van der Waals surface area contributed by atoms with Crippen molar-refractivity contribution in [2.45, 2.75) is 38.9 Å². The summed E-state index contributed by atoms with van der Waals surface area (Å²) in [5, 5.41) is 3.36. The summed E-state index contributed by atoms with van der Waals surface area (Å²) in [5.41, 5.74) is 5.06. The second-order valence-electron chi connectivity index (χ2n) is 9.84. The molecule has 1 fully saturated rings. The molecule has 3 aromatic heterocycles. The van der Waals surface area contributed by atoms with Gasteiger partial charge in [-0.2, -0.15) is 0 Å². The highest BCUT2D eigenvalue weighted by molar-refractivity contribution is 7.21. The topological polar surface area (TPSA) is 118 Å². The summed E-state index contributed by atoms with van der Waals surface area (Å²) in [6.45, 7) is 4.51. The van der Waals surface area contributed by atoms with E-state index in [4.69, 9.17) is 18.9 Å². The van der Waals surface area contributed by atoms with Crippen molar-refractivity contribution in [3.05, 3.63) is 65.9 Å². The van der Waals surface area contributed by atoms with Crippen molar-refractivity contribution in [3.8, 4) is 22.2 Å². The van der Waals surface area contributed by atoms with E-state index >= 15 is 4.39 Å². The fraction of sp³-hybridized carbons (Fsp3) is 0.300.